The lowest BCUT2D eigenvalue weighted by atomic mass is 10.3. The van der Waals surface area contributed by atoms with Gasteiger partial charge in [0, 0.05) is 11.4 Å². The molecule has 1 aliphatic rings. The van der Waals surface area contributed by atoms with Crippen LogP contribution < -0.4 is 4.74 Å². The van der Waals surface area contributed by atoms with Crippen LogP contribution in [0, 0.1) is 0 Å². The van der Waals surface area contributed by atoms with Gasteiger partial charge in [0.05, 0.1) is 25.2 Å². The zero-order valence-corrected chi connectivity index (χ0v) is 12.7. The van der Waals surface area contributed by atoms with Crippen molar-refractivity contribution in [3.05, 3.63) is 40.6 Å². The van der Waals surface area contributed by atoms with Crippen LogP contribution in [0.2, 0.25) is 10.0 Å². The summed E-state index contributed by atoms with van der Waals surface area (Å²) in [7, 11) is 4.19. The Balaban J connectivity index is 1.80. The Morgan fingerprint density at radius 1 is 1.32 bits per heavy atom. The van der Waals surface area contributed by atoms with Crippen molar-refractivity contribution in [3.63, 3.8) is 0 Å². The lowest BCUT2D eigenvalue weighted by molar-refractivity contribution is -0.767. The van der Waals surface area contributed by atoms with Crippen molar-refractivity contribution in [2.45, 2.75) is 6.42 Å². The van der Waals surface area contributed by atoms with Crippen molar-refractivity contribution >= 4 is 29.5 Å². The summed E-state index contributed by atoms with van der Waals surface area (Å²) >= 11 is 11.9. The molecule has 2 rings (SSSR count). The number of halogens is 2. The van der Waals surface area contributed by atoms with Crippen LogP contribution in [-0.2, 0) is 0 Å². The molecule has 0 radical (unpaired) electrons. The number of ether oxygens (including phenoxy) is 1. The molecule has 1 unspecified atom stereocenters. The van der Waals surface area contributed by atoms with Crippen LogP contribution in [0.15, 0.2) is 30.6 Å². The molecule has 0 aliphatic carbocycles. The molecule has 0 amide bonds. The van der Waals surface area contributed by atoms with Gasteiger partial charge >= 0.3 is 6.34 Å². The molecule has 0 spiro atoms. The molecule has 0 saturated heterocycles. The highest BCUT2D eigenvalue weighted by Gasteiger charge is 2.26. The van der Waals surface area contributed by atoms with E-state index in [9.17, 15) is 0 Å². The van der Waals surface area contributed by atoms with Crippen LogP contribution in [0.3, 0.4) is 0 Å². The Hall–Kier alpha value is -1.03. The standard InChI is InChI=1S/C14H18Cl2N2O/c1-17-6-8-18(2,11-17)7-3-9-19-14-5-4-12(15)10-13(14)16/h4-6,8,10-11H,3,7,9H2,1-2H3/q+2. The molecule has 3 nitrogen and oxygen atoms in total. The average molecular weight is 301 g/mol. The van der Waals surface area contributed by atoms with Crippen LogP contribution >= 0.6 is 23.2 Å². The monoisotopic (exact) mass is 300 g/mol. The van der Waals surface area contributed by atoms with Gasteiger partial charge in [-0.05, 0) is 18.2 Å². The molecule has 102 valence electrons. The van der Waals surface area contributed by atoms with E-state index in [1.165, 1.54) is 0 Å². The zero-order valence-electron chi connectivity index (χ0n) is 11.1. The fourth-order valence-corrected chi connectivity index (χ4v) is 2.53. The first-order valence-electron chi connectivity index (χ1n) is 6.19. The van der Waals surface area contributed by atoms with E-state index in [1.54, 1.807) is 18.2 Å². The maximum Gasteiger partial charge on any atom is 0.336 e. The van der Waals surface area contributed by atoms with Gasteiger partial charge in [-0.2, -0.15) is 4.58 Å². The Bertz CT molecular complexity index is 528. The fraction of sp³-hybridized carbons (Fsp3) is 0.357. The maximum atomic E-state index is 6.04. The van der Waals surface area contributed by atoms with Crippen molar-refractivity contribution in [2.24, 2.45) is 0 Å². The molecule has 0 bridgehead atoms. The summed E-state index contributed by atoms with van der Waals surface area (Å²) in [6.45, 7) is 1.63. The molecule has 0 saturated carbocycles. The third kappa shape index (κ3) is 3.96. The first kappa shape index (κ1) is 14.4. The SMILES string of the molecule is C[N+]1=C[N+](C)(CCCOc2ccc(Cl)cc2Cl)C=C1. The molecule has 1 atom stereocenters. The second kappa shape index (κ2) is 5.95. The Kier molecular flexibility index (Phi) is 4.50. The van der Waals surface area contributed by atoms with E-state index >= 15 is 0 Å². The quantitative estimate of drug-likeness (QED) is 0.461. The highest BCUT2D eigenvalue weighted by atomic mass is 35.5. The highest BCUT2D eigenvalue weighted by Crippen LogP contribution is 2.27. The van der Waals surface area contributed by atoms with Crippen molar-refractivity contribution in [2.75, 3.05) is 27.2 Å². The maximum absolute atomic E-state index is 6.04. The molecule has 0 fully saturated rings. The lowest BCUT2D eigenvalue weighted by Gasteiger charge is -2.18. The number of hydrogen-bond acceptors (Lipinski definition) is 1. The van der Waals surface area contributed by atoms with Crippen molar-refractivity contribution in [1.29, 1.82) is 0 Å². The van der Waals surface area contributed by atoms with E-state index in [1.807, 2.05) is 7.05 Å². The Morgan fingerprint density at radius 3 is 2.74 bits per heavy atom. The molecule has 1 aromatic rings. The van der Waals surface area contributed by atoms with Crippen LogP contribution in [0.4, 0.5) is 0 Å². The topological polar surface area (TPSA) is 12.2 Å². The van der Waals surface area contributed by atoms with Gasteiger partial charge in [0.2, 0.25) is 6.20 Å². The molecule has 1 aromatic carbocycles. The normalized spacial score (nSPS) is 21.6. The number of hydrogen-bond donors (Lipinski definition) is 0. The minimum Gasteiger partial charge on any atom is -0.492 e. The van der Waals surface area contributed by atoms with Gasteiger partial charge in [0.15, 0.2) is 6.20 Å². The molecule has 5 heteroatoms. The van der Waals surface area contributed by atoms with Crippen LogP contribution in [0.1, 0.15) is 6.42 Å². The van der Waals surface area contributed by atoms with Crippen LogP contribution in [0.25, 0.3) is 0 Å². The summed E-state index contributed by atoms with van der Waals surface area (Å²) in [5.41, 5.74) is 0. The smallest absolute Gasteiger partial charge is 0.336 e. The average Bonchev–Trinajstić information content (AvgIpc) is 2.67. The molecule has 19 heavy (non-hydrogen) atoms. The minimum atomic E-state index is 0.556. The first-order valence-corrected chi connectivity index (χ1v) is 6.94. The van der Waals surface area contributed by atoms with Crippen molar-refractivity contribution in [1.82, 2.24) is 0 Å². The fourth-order valence-electron chi connectivity index (χ4n) is 2.06. The number of nitrogens with zero attached hydrogens (tertiary/aromatic N) is 2. The second-order valence-corrected chi connectivity index (χ2v) is 5.77. The summed E-state index contributed by atoms with van der Waals surface area (Å²) in [4.78, 5) is 0. The summed E-state index contributed by atoms with van der Waals surface area (Å²) < 4.78 is 8.54. The van der Waals surface area contributed by atoms with Gasteiger partial charge in [-0.15, -0.1) is 0 Å². The van der Waals surface area contributed by atoms with E-state index in [2.05, 4.69) is 30.4 Å². The molecular weight excluding hydrogens is 283 g/mol. The Morgan fingerprint density at radius 2 is 2.11 bits per heavy atom. The van der Waals surface area contributed by atoms with Crippen LogP contribution in [0.5, 0.6) is 5.75 Å². The summed E-state index contributed by atoms with van der Waals surface area (Å²) in [5, 5.41) is 1.18. The van der Waals surface area contributed by atoms with Gasteiger partial charge in [0.25, 0.3) is 0 Å². The summed E-state index contributed by atoms with van der Waals surface area (Å²) in [5.74, 6) is 0.687. The van der Waals surface area contributed by atoms with Gasteiger partial charge in [-0.25, -0.2) is 4.48 Å². The summed E-state index contributed by atoms with van der Waals surface area (Å²) in [6.07, 6.45) is 7.34. The van der Waals surface area contributed by atoms with E-state index in [-0.39, 0.29) is 0 Å². The first-order chi connectivity index (χ1) is 8.98. The third-order valence-electron chi connectivity index (χ3n) is 3.02. The third-order valence-corrected chi connectivity index (χ3v) is 3.55. The van der Waals surface area contributed by atoms with E-state index in [0.29, 0.717) is 22.4 Å². The van der Waals surface area contributed by atoms with Crippen molar-refractivity contribution < 1.29 is 13.8 Å². The van der Waals surface area contributed by atoms with Crippen molar-refractivity contribution in [3.8, 4) is 5.75 Å². The number of rotatable bonds is 5. The Labute approximate surface area is 123 Å². The molecular formula is C14H18Cl2N2O+2. The van der Waals surface area contributed by atoms with Gasteiger partial charge in [-0.1, -0.05) is 23.2 Å². The summed E-state index contributed by atoms with van der Waals surface area (Å²) in [6, 6.07) is 5.28. The highest BCUT2D eigenvalue weighted by molar-refractivity contribution is 6.35. The molecule has 0 N–H and O–H groups in total. The molecule has 1 aliphatic heterocycles. The zero-order chi connectivity index (χ0) is 13.9. The van der Waals surface area contributed by atoms with E-state index in [4.69, 9.17) is 27.9 Å². The predicted octanol–water partition coefficient (Wildman–Crippen LogP) is 3.36. The van der Waals surface area contributed by atoms with Gasteiger partial charge < -0.3 is 4.74 Å². The minimum absolute atomic E-state index is 0.556. The second-order valence-electron chi connectivity index (χ2n) is 4.93. The molecule has 0 aromatic heterocycles. The van der Waals surface area contributed by atoms with E-state index in [0.717, 1.165) is 17.4 Å². The lowest BCUT2D eigenvalue weighted by Crippen LogP contribution is -2.37. The largest absolute Gasteiger partial charge is 0.492 e. The number of quaternary nitrogens is 1. The molecule has 1 heterocycles. The van der Waals surface area contributed by atoms with E-state index < -0.39 is 0 Å². The van der Waals surface area contributed by atoms with Gasteiger partial charge in [-0.3, -0.25) is 0 Å². The number of benzene rings is 1. The predicted molar refractivity (Wildman–Crippen MR) is 79.0 cm³/mol. The van der Waals surface area contributed by atoms with Gasteiger partial charge in [0.1, 0.15) is 12.8 Å². The van der Waals surface area contributed by atoms with Crippen LogP contribution in [-0.4, -0.2) is 42.6 Å².